The van der Waals surface area contributed by atoms with E-state index in [1.807, 2.05) is 0 Å². The molecule has 3 unspecified atom stereocenters. The number of ether oxygens (including phenoxy) is 2. The number of rotatable bonds is 51. The Bertz CT molecular complexity index is 1160. The number of carboxylic acids is 1. The van der Waals surface area contributed by atoms with Crippen LogP contribution in [0.1, 0.15) is 251 Å². The molecule has 0 aromatic heterocycles. The third kappa shape index (κ3) is 48.1. The van der Waals surface area contributed by atoms with Gasteiger partial charge < -0.3 is 25.2 Å². The number of phosphoric ester groups is 1. The summed E-state index contributed by atoms with van der Waals surface area (Å²) in [6, 6.07) is -1.47. The lowest BCUT2D eigenvalue weighted by atomic mass is 10.0. The molecule has 376 valence electrons. The molecule has 0 bridgehead atoms. The monoisotopic (exact) mass is 926 g/mol. The average Bonchev–Trinajstić information content (AvgIpc) is 3.28. The van der Waals surface area contributed by atoms with E-state index in [1.54, 1.807) is 0 Å². The Morgan fingerprint density at radius 3 is 1.28 bits per heavy atom. The van der Waals surface area contributed by atoms with E-state index >= 15 is 0 Å². The molecule has 0 saturated carbocycles. The lowest BCUT2D eigenvalue weighted by Gasteiger charge is -2.20. The fourth-order valence-corrected chi connectivity index (χ4v) is 8.33. The van der Waals surface area contributed by atoms with Crippen LogP contribution >= 0.6 is 7.82 Å². The quantitative estimate of drug-likeness (QED) is 0.0232. The van der Waals surface area contributed by atoms with Gasteiger partial charge in [-0.15, -0.1) is 0 Å². The highest BCUT2D eigenvalue weighted by Crippen LogP contribution is 2.43. The summed E-state index contributed by atoms with van der Waals surface area (Å²) in [6.45, 7) is 3.91. The van der Waals surface area contributed by atoms with Crippen LogP contribution in [0, 0.1) is 0 Å². The van der Waals surface area contributed by atoms with E-state index in [1.165, 1.54) is 167 Å². The standard InChI is InChI=1S/C53H100NO9P/c1-3-5-7-9-11-13-15-17-19-21-23-24-25-26-27-29-31-33-35-37-39-41-43-45-52(55)63-50(48-61-64(58,59)62-49-51(54)53(56)57)47-60-46-44-42-40-38-36-34-32-30-28-22-20-18-16-14-12-10-8-6-4-2/h15,17,21,23,25-26,50-51H,3-14,16,18-20,22,24,27-49,54H2,1-2H3,(H,56,57)(H,58,59)/b17-15-,23-21-,26-25-. The van der Waals surface area contributed by atoms with Gasteiger partial charge >= 0.3 is 19.8 Å². The molecule has 0 fully saturated rings. The first-order chi connectivity index (χ1) is 31.2. The minimum absolute atomic E-state index is 0.0173. The summed E-state index contributed by atoms with van der Waals surface area (Å²) >= 11 is 0. The van der Waals surface area contributed by atoms with Crippen molar-refractivity contribution in [3.05, 3.63) is 36.5 Å². The van der Waals surface area contributed by atoms with Gasteiger partial charge in [0.1, 0.15) is 12.1 Å². The van der Waals surface area contributed by atoms with Gasteiger partial charge in [-0.05, 0) is 51.4 Å². The average molecular weight is 926 g/mol. The summed E-state index contributed by atoms with van der Waals surface area (Å²) in [5, 5.41) is 8.93. The van der Waals surface area contributed by atoms with Crippen molar-refractivity contribution in [1.82, 2.24) is 0 Å². The number of carbonyl (C=O) groups is 2. The van der Waals surface area contributed by atoms with Gasteiger partial charge in [-0.3, -0.25) is 18.6 Å². The summed E-state index contributed by atoms with van der Waals surface area (Å²) in [5.41, 5.74) is 5.38. The smallest absolute Gasteiger partial charge is 0.472 e. The Labute approximate surface area is 393 Å². The van der Waals surface area contributed by atoms with Gasteiger partial charge in [0.2, 0.25) is 0 Å². The van der Waals surface area contributed by atoms with Crippen molar-refractivity contribution in [2.75, 3.05) is 26.4 Å². The fraction of sp³-hybridized carbons (Fsp3) is 0.849. The van der Waals surface area contributed by atoms with Gasteiger partial charge in [0.05, 0.1) is 19.8 Å². The minimum Gasteiger partial charge on any atom is -0.480 e. The van der Waals surface area contributed by atoms with Crippen LogP contribution in [0.25, 0.3) is 0 Å². The summed E-state index contributed by atoms with van der Waals surface area (Å²) in [4.78, 5) is 33.7. The fourth-order valence-electron chi connectivity index (χ4n) is 7.55. The summed E-state index contributed by atoms with van der Waals surface area (Å²) in [5.74, 6) is -1.78. The number of nitrogens with two attached hydrogens (primary N) is 1. The predicted octanol–water partition coefficient (Wildman–Crippen LogP) is 15.6. The number of phosphoric acid groups is 1. The van der Waals surface area contributed by atoms with Gasteiger partial charge in [-0.25, -0.2) is 4.57 Å². The Balaban J connectivity index is 4.12. The first kappa shape index (κ1) is 62.2. The summed E-state index contributed by atoms with van der Waals surface area (Å²) in [7, 11) is -4.62. The predicted molar refractivity (Wildman–Crippen MR) is 268 cm³/mol. The molecule has 0 saturated heterocycles. The highest BCUT2D eigenvalue weighted by molar-refractivity contribution is 7.47. The van der Waals surface area contributed by atoms with Crippen LogP contribution in [0.3, 0.4) is 0 Å². The van der Waals surface area contributed by atoms with Gasteiger partial charge in [-0.2, -0.15) is 0 Å². The number of allylic oxidation sites excluding steroid dienone is 6. The highest BCUT2D eigenvalue weighted by atomic mass is 31.2. The molecule has 0 heterocycles. The second-order valence-electron chi connectivity index (χ2n) is 18.0. The third-order valence-electron chi connectivity index (χ3n) is 11.7. The zero-order chi connectivity index (χ0) is 46.9. The number of hydrogen-bond donors (Lipinski definition) is 3. The maximum Gasteiger partial charge on any atom is 0.472 e. The number of unbranched alkanes of at least 4 members (excludes halogenated alkanes) is 31. The van der Waals surface area contributed by atoms with Crippen LogP contribution in [0.4, 0.5) is 0 Å². The Kier molecular flexibility index (Phi) is 47.7. The molecule has 0 amide bonds. The molecule has 3 atom stereocenters. The van der Waals surface area contributed by atoms with Gasteiger partial charge in [0.25, 0.3) is 0 Å². The molecule has 0 aliphatic rings. The topological polar surface area (TPSA) is 155 Å². The van der Waals surface area contributed by atoms with Crippen LogP contribution in [0.5, 0.6) is 0 Å². The molecule has 0 aromatic rings. The van der Waals surface area contributed by atoms with E-state index in [2.05, 4.69) is 50.3 Å². The van der Waals surface area contributed by atoms with Crippen molar-refractivity contribution in [1.29, 1.82) is 0 Å². The van der Waals surface area contributed by atoms with Gasteiger partial charge in [0.15, 0.2) is 0 Å². The summed E-state index contributed by atoms with van der Waals surface area (Å²) < 4.78 is 33.5. The van der Waals surface area contributed by atoms with Crippen LogP contribution in [0.2, 0.25) is 0 Å². The number of aliphatic carboxylic acids is 1. The van der Waals surface area contributed by atoms with Crippen molar-refractivity contribution >= 4 is 19.8 Å². The van der Waals surface area contributed by atoms with E-state index in [4.69, 9.17) is 29.4 Å². The molecule has 4 N–H and O–H groups in total. The molecule has 0 spiro atoms. The van der Waals surface area contributed by atoms with Crippen LogP contribution < -0.4 is 5.73 Å². The van der Waals surface area contributed by atoms with E-state index in [0.717, 1.165) is 57.8 Å². The molecule has 10 nitrogen and oxygen atoms in total. The van der Waals surface area contributed by atoms with Crippen LogP contribution in [-0.4, -0.2) is 60.5 Å². The molecule has 0 radical (unpaired) electrons. The zero-order valence-electron chi connectivity index (χ0n) is 41.4. The number of hydrogen-bond acceptors (Lipinski definition) is 8. The number of carbonyl (C=O) groups excluding carboxylic acids is 1. The molecule has 0 rings (SSSR count). The van der Waals surface area contributed by atoms with Crippen molar-refractivity contribution in [2.45, 2.75) is 264 Å². The zero-order valence-corrected chi connectivity index (χ0v) is 42.3. The Morgan fingerprint density at radius 1 is 0.500 bits per heavy atom. The van der Waals surface area contributed by atoms with E-state index in [9.17, 15) is 19.0 Å². The second-order valence-corrected chi connectivity index (χ2v) is 19.5. The molecule has 0 aromatic carbocycles. The largest absolute Gasteiger partial charge is 0.480 e. The van der Waals surface area contributed by atoms with Crippen LogP contribution in [0.15, 0.2) is 36.5 Å². The molecular formula is C53H100NO9P. The number of esters is 1. The van der Waals surface area contributed by atoms with Crippen molar-refractivity contribution < 1.29 is 42.7 Å². The maximum absolute atomic E-state index is 12.7. The number of carboxylic acid groups (broad SMARTS) is 1. The lowest BCUT2D eigenvalue weighted by Crippen LogP contribution is -2.34. The lowest BCUT2D eigenvalue weighted by molar-refractivity contribution is -0.154. The van der Waals surface area contributed by atoms with Gasteiger partial charge in [0, 0.05) is 13.0 Å². The van der Waals surface area contributed by atoms with Crippen LogP contribution in [-0.2, 0) is 32.7 Å². The summed E-state index contributed by atoms with van der Waals surface area (Å²) in [6.07, 6.45) is 57.7. The SMILES string of the molecule is CCCCCCC/C=C\C/C=C\C/C=C\CCCCCCCCCCC(=O)OC(COCCCCCCCCCCCCCCCCCCCCC)COP(=O)(O)OCC(N)C(=O)O. The second kappa shape index (κ2) is 49.1. The van der Waals surface area contributed by atoms with E-state index in [-0.39, 0.29) is 13.0 Å². The van der Waals surface area contributed by atoms with Crippen molar-refractivity contribution in [3.63, 3.8) is 0 Å². The van der Waals surface area contributed by atoms with E-state index < -0.39 is 45.1 Å². The van der Waals surface area contributed by atoms with Crippen molar-refractivity contribution in [3.8, 4) is 0 Å². The first-order valence-corrected chi connectivity index (χ1v) is 28.0. The minimum atomic E-state index is -4.62. The molecule has 0 aliphatic heterocycles. The van der Waals surface area contributed by atoms with Crippen molar-refractivity contribution in [2.24, 2.45) is 5.73 Å². The maximum atomic E-state index is 12.7. The molecule has 0 aliphatic carbocycles. The van der Waals surface area contributed by atoms with E-state index in [0.29, 0.717) is 13.0 Å². The third-order valence-corrected chi connectivity index (χ3v) is 12.6. The molecular weight excluding hydrogens is 826 g/mol. The highest BCUT2D eigenvalue weighted by Gasteiger charge is 2.27. The normalized spacial score (nSPS) is 13.9. The molecule has 64 heavy (non-hydrogen) atoms. The Hall–Kier alpha value is -1.81. The van der Waals surface area contributed by atoms with Gasteiger partial charge in [-0.1, -0.05) is 230 Å². The molecule has 11 heteroatoms. The Morgan fingerprint density at radius 2 is 0.859 bits per heavy atom. The first-order valence-electron chi connectivity index (χ1n) is 26.5.